The van der Waals surface area contributed by atoms with Crippen molar-refractivity contribution in [2.75, 3.05) is 0 Å². The highest BCUT2D eigenvalue weighted by atomic mass is 79.9. The Morgan fingerprint density at radius 1 is 1.29 bits per heavy atom. The first-order chi connectivity index (χ1) is 7.99. The fraction of sp³-hybridized carbons (Fsp3) is 0.167. The van der Waals surface area contributed by atoms with Gasteiger partial charge in [-0.25, -0.2) is 0 Å². The molecule has 90 valence electrons. The molecule has 1 atom stereocenters. The van der Waals surface area contributed by atoms with E-state index in [4.69, 9.17) is 28.9 Å². The molecule has 0 aliphatic carbocycles. The Morgan fingerprint density at radius 2 is 2.00 bits per heavy atom. The van der Waals surface area contributed by atoms with Gasteiger partial charge in [0.15, 0.2) is 0 Å². The maximum atomic E-state index is 6.24. The van der Waals surface area contributed by atoms with Crippen molar-refractivity contribution in [3.05, 3.63) is 54.1 Å². The van der Waals surface area contributed by atoms with Gasteiger partial charge in [-0.2, -0.15) is 0 Å². The highest BCUT2D eigenvalue weighted by Crippen LogP contribution is 2.37. The number of aryl methyl sites for hydroxylation is 1. The Hall–Kier alpha value is -0.0600. The molecule has 0 bridgehead atoms. The Kier molecular flexibility index (Phi) is 4.16. The molecule has 17 heavy (non-hydrogen) atoms. The van der Waals surface area contributed by atoms with Gasteiger partial charge >= 0.3 is 0 Å². The molecular formula is C12H10BrCl2NS. The third-order valence-electron chi connectivity index (χ3n) is 2.41. The van der Waals surface area contributed by atoms with E-state index in [1.165, 1.54) is 4.88 Å². The van der Waals surface area contributed by atoms with Crippen molar-refractivity contribution < 1.29 is 0 Å². The number of halogens is 3. The van der Waals surface area contributed by atoms with Crippen LogP contribution in [0.25, 0.3) is 0 Å². The second-order valence-corrected chi connectivity index (χ2v) is 6.70. The Balaban J connectivity index is 2.46. The van der Waals surface area contributed by atoms with Crippen LogP contribution in [0.3, 0.4) is 0 Å². The number of hydrogen-bond acceptors (Lipinski definition) is 2. The average Bonchev–Trinajstić information content (AvgIpc) is 2.60. The summed E-state index contributed by atoms with van der Waals surface area (Å²) in [6.07, 6.45) is 0. The first-order valence-electron chi connectivity index (χ1n) is 4.95. The lowest BCUT2D eigenvalue weighted by atomic mass is 10.1. The van der Waals surface area contributed by atoms with E-state index in [-0.39, 0.29) is 6.04 Å². The van der Waals surface area contributed by atoms with Gasteiger partial charge in [-0.15, -0.1) is 11.3 Å². The van der Waals surface area contributed by atoms with Gasteiger partial charge in [0.25, 0.3) is 0 Å². The maximum absolute atomic E-state index is 6.24. The van der Waals surface area contributed by atoms with Gasteiger partial charge in [-0.1, -0.05) is 23.2 Å². The number of benzene rings is 1. The minimum Gasteiger partial charge on any atom is -0.320 e. The molecule has 2 aromatic rings. The average molecular weight is 351 g/mol. The highest BCUT2D eigenvalue weighted by molar-refractivity contribution is 9.10. The first-order valence-corrected chi connectivity index (χ1v) is 7.32. The molecular weight excluding hydrogens is 341 g/mol. The zero-order chi connectivity index (χ0) is 12.6. The van der Waals surface area contributed by atoms with Crippen molar-refractivity contribution in [2.24, 2.45) is 5.73 Å². The molecule has 1 aromatic carbocycles. The topological polar surface area (TPSA) is 26.0 Å². The minimum absolute atomic E-state index is 0.255. The Bertz CT molecular complexity index is 553. The van der Waals surface area contributed by atoms with E-state index in [1.54, 1.807) is 23.5 Å². The normalized spacial score (nSPS) is 12.8. The van der Waals surface area contributed by atoms with Crippen molar-refractivity contribution in [2.45, 2.75) is 13.0 Å². The predicted octanol–water partition coefficient (Wildman–Crippen LogP) is 5.17. The van der Waals surface area contributed by atoms with Crippen LogP contribution in [0, 0.1) is 6.92 Å². The van der Waals surface area contributed by atoms with Crippen molar-refractivity contribution in [1.29, 1.82) is 0 Å². The van der Waals surface area contributed by atoms with Crippen LogP contribution in [-0.4, -0.2) is 0 Å². The van der Waals surface area contributed by atoms with Crippen LogP contribution >= 0.6 is 50.5 Å². The summed E-state index contributed by atoms with van der Waals surface area (Å²) < 4.78 is 1.02. The van der Waals surface area contributed by atoms with Gasteiger partial charge in [0.1, 0.15) is 0 Å². The smallest absolute Gasteiger partial charge is 0.0672 e. The molecule has 5 heteroatoms. The number of hydrogen-bond donors (Lipinski definition) is 1. The molecule has 0 spiro atoms. The third kappa shape index (κ3) is 2.85. The summed E-state index contributed by atoms with van der Waals surface area (Å²) in [4.78, 5) is 2.27. The Morgan fingerprint density at radius 3 is 2.59 bits per heavy atom. The molecule has 1 aromatic heterocycles. The van der Waals surface area contributed by atoms with Crippen LogP contribution in [0.5, 0.6) is 0 Å². The summed E-state index contributed by atoms with van der Waals surface area (Å²) in [5, 5.41) is 1.28. The number of rotatable bonds is 2. The molecule has 0 aliphatic rings. The standard InChI is InChI=1S/C12H10BrCl2NS/c1-6-4-9(13)12(17-6)11(16)8-5-7(14)2-3-10(8)15/h2-5,11H,16H2,1H3. The maximum Gasteiger partial charge on any atom is 0.0672 e. The summed E-state index contributed by atoms with van der Waals surface area (Å²) in [5.74, 6) is 0. The van der Waals surface area contributed by atoms with E-state index in [9.17, 15) is 0 Å². The van der Waals surface area contributed by atoms with E-state index < -0.39 is 0 Å². The SMILES string of the molecule is Cc1cc(Br)c(C(N)c2cc(Cl)ccc2Cl)s1. The van der Waals surface area contributed by atoms with E-state index in [1.807, 2.05) is 13.0 Å². The van der Waals surface area contributed by atoms with Crippen LogP contribution in [0.4, 0.5) is 0 Å². The minimum atomic E-state index is -0.255. The zero-order valence-corrected chi connectivity index (χ0v) is 12.9. The van der Waals surface area contributed by atoms with Gasteiger partial charge in [0.05, 0.1) is 6.04 Å². The van der Waals surface area contributed by atoms with Gasteiger partial charge in [0, 0.05) is 24.3 Å². The van der Waals surface area contributed by atoms with Gasteiger partial charge in [-0.05, 0) is 52.7 Å². The molecule has 1 nitrogen and oxygen atoms in total. The van der Waals surface area contributed by atoms with Crippen LogP contribution in [-0.2, 0) is 0 Å². The van der Waals surface area contributed by atoms with Gasteiger partial charge < -0.3 is 5.73 Å². The van der Waals surface area contributed by atoms with Crippen LogP contribution in [0.1, 0.15) is 21.4 Å². The lowest BCUT2D eigenvalue weighted by Crippen LogP contribution is -2.11. The third-order valence-corrected chi connectivity index (χ3v) is 5.04. The summed E-state index contributed by atoms with van der Waals surface area (Å²) >= 11 is 17.3. The van der Waals surface area contributed by atoms with Crippen LogP contribution in [0.2, 0.25) is 10.0 Å². The van der Waals surface area contributed by atoms with Crippen molar-refractivity contribution >= 4 is 50.5 Å². The number of thiophene rings is 1. The fourth-order valence-corrected chi connectivity index (χ4v) is 3.94. The second kappa shape index (κ2) is 5.29. The molecule has 0 saturated carbocycles. The van der Waals surface area contributed by atoms with E-state index in [2.05, 4.69) is 22.0 Å². The molecule has 0 aliphatic heterocycles. The molecule has 0 radical (unpaired) electrons. The second-order valence-electron chi connectivity index (χ2n) is 3.71. The van der Waals surface area contributed by atoms with Gasteiger partial charge in [-0.3, -0.25) is 0 Å². The molecule has 0 fully saturated rings. The quantitative estimate of drug-likeness (QED) is 0.793. The van der Waals surface area contributed by atoms with Crippen molar-refractivity contribution in [1.82, 2.24) is 0 Å². The zero-order valence-electron chi connectivity index (χ0n) is 9.01. The first kappa shape index (κ1) is 13.4. The Labute approximate surface area is 123 Å². The molecule has 0 saturated heterocycles. The summed E-state index contributed by atoms with van der Waals surface area (Å²) in [6, 6.07) is 7.14. The summed E-state index contributed by atoms with van der Waals surface area (Å²) in [6.45, 7) is 2.05. The fourth-order valence-electron chi connectivity index (χ4n) is 1.61. The molecule has 2 N–H and O–H groups in total. The molecule has 1 heterocycles. The van der Waals surface area contributed by atoms with Gasteiger partial charge in [0.2, 0.25) is 0 Å². The summed E-state index contributed by atoms with van der Waals surface area (Å²) in [7, 11) is 0. The summed E-state index contributed by atoms with van der Waals surface area (Å²) in [5.41, 5.74) is 7.09. The molecule has 1 unspecified atom stereocenters. The molecule has 0 amide bonds. The monoisotopic (exact) mass is 349 g/mol. The van der Waals surface area contributed by atoms with Crippen molar-refractivity contribution in [3.63, 3.8) is 0 Å². The van der Waals surface area contributed by atoms with E-state index in [0.717, 1.165) is 14.9 Å². The van der Waals surface area contributed by atoms with E-state index in [0.29, 0.717) is 10.0 Å². The largest absolute Gasteiger partial charge is 0.320 e. The number of nitrogens with two attached hydrogens (primary N) is 1. The van der Waals surface area contributed by atoms with Crippen LogP contribution in [0.15, 0.2) is 28.7 Å². The lowest BCUT2D eigenvalue weighted by Gasteiger charge is -2.13. The van der Waals surface area contributed by atoms with Crippen molar-refractivity contribution in [3.8, 4) is 0 Å². The predicted molar refractivity (Wildman–Crippen MR) is 79.2 cm³/mol. The molecule has 2 rings (SSSR count). The highest BCUT2D eigenvalue weighted by Gasteiger charge is 2.17. The van der Waals surface area contributed by atoms with E-state index >= 15 is 0 Å². The lowest BCUT2D eigenvalue weighted by molar-refractivity contribution is 0.889. The van der Waals surface area contributed by atoms with Crippen LogP contribution < -0.4 is 5.73 Å².